The lowest BCUT2D eigenvalue weighted by Crippen LogP contribution is -2.46. The monoisotopic (exact) mass is 262 g/mol. The lowest BCUT2D eigenvalue weighted by Gasteiger charge is -2.38. The molecule has 4 heteroatoms. The van der Waals surface area contributed by atoms with E-state index in [1.165, 1.54) is 0 Å². The van der Waals surface area contributed by atoms with Gasteiger partial charge in [-0.15, -0.1) is 0 Å². The Labute approximate surface area is 113 Å². The van der Waals surface area contributed by atoms with E-state index in [1.807, 2.05) is 24.3 Å². The number of aliphatic hydroxyl groups excluding tert-OH is 2. The summed E-state index contributed by atoms with van der Waals surface area (Å²) in [5.74, 6) is 0. The first-order valence-electron chi connectivity index (χ1n) is 7.11. The van der Waals surface area contributed by atoms with Crippen LogP contribution in [0.1, 0.15) is 37.4 Å². The molecule has 4 N–H and O–H groups in total. The van der Waals surface area contributed by atoms with Crippen LogP contribution in [0.3, 0.4) is 0 Å². The average molecular weight is 262 g/mol. The van der Waals surface area contributed by atoms with Gasteiger partial charge in [0.1, 0.15) is 0 Å². The van der Waals surface area contributed by atoms with Gasteiger partial charge in [-0.25, -0.2) is 0 Å². The second-order valence-electron chi connectivity index (χ2n) is 5.89. The maximum Gasteiger partial charge on any atom is 0.0917 e. The molecular weight excluding hydrogens is 240 g/mol. The second kappa shape index (κ2) is 5.12. The smallest absolute Gasteiger partial charge is 0.0917 e. The van der Waals surface area contributed by atoms with Gasteiger partial charge >= 0.3 is 0 Å². The molecule has 4 nitrogen and oxygen atoms in total. The molecule has 0 radical (unpaired) electrons. The van der Waals surface area contributed by atoms with Gasteiger partial charge in [0.25, 0.3) is 0 Å². The van der Waals surface area contributed by atoms with Crippen molar-refractivity contribution in [2.75, 3.05) is 12.3 Å². The number of nitrogens with zero attached hydrogens (tertiary/aromatic N) is 1. The molecule has 0 saturated carbocycles. The number of fused-ring (bicyclic) bond motifs is 2. The molecule has 2 bridgehead atoms. The zero-order valence-corrected chi connectivity index (χ0v) is 11.1. The van der Waals surface area contributed by atoms with Crippen molar-refractivity contribution < 1.29 is 10.2 Å². The van der Waals surface area contributed by atoms with Crippen LogP contribution < -0.4 is 5.73 Å². The summed E-state index contributed by atoms with van der Waals surface area (Å²) in [6, 6.07) is 8.33. The lowest BCUT2D eigenvalue weighted by atomic mass is 9.98. The number of rotatable bonds is 3. The number of hydrogen-bond acceptors (Lipinski definition) is 4. The fourth-order valence-corrected chi connectivity index (χ4v) is 3.61. The van der Waals surface area contributed by atoms with Crippen molar-refractivity contribution in [2.45, 2.75) is 50.0 Å². The van der Waals surface area contributed by atoms with Crippen molar-refractivity contribution in [3.05, 3.63) is 29.8 Å². The summed E-state index contributed by atoms with van der Waals surface area (Å²) in [7, 11) is 0. The van der Waals surface area contributed by atoms with Crippen LogP contribution in [0, 0.1) is 0 Å². The van der Waals surface area contributed by atoms with Gasteiger partial charge in [-0.3, -0.25) is 4.90 Å². The van der Waals surface area contributed by atoms with Gasteiger partial charge in [0, 0.05) is 24.3 Å². The third-order valence-electron chi connectivity index (χ3n) is 4.54. The Hall–Kier alpha value is -1.10. The largest absolute Gasteiger partial charge is 0.399 e. The molecular formula is C15H22N2O2. The summed E-state index contributed by atoms with van der Waals surface area (Å²) in [5, 5.41) is 20.2. The van der Waals surface area contributed by atoms with Gasteiger partial charge in [-0.2, -0.15) is 0 Å². The first-order chi connectivity index (χ1) is 9.13. The van der Waals surface area contributed by atoms with Crippen LogP contribution >= 0.6 is 0 Å². The maximum atomic E-state index is 10.4. The van der Waals surface area contributed by atoms with Crippen molar-refractivity contribution in [3.8, 4) is 0 Å². The highest BCUT2D eigenvalue weighted by Gasteiger charge is 2.40. The molecule has 19 heavy (non-hydrogen) atoms. The molecule has 3 atom stereocenters. The number of nitrogens with two attached hydrogens (primary N) is 1. The Bertz CT molecular complexity index is 438. The van der Waals surface area contributed by atoms with E-state index in [4.69, 9.17) is 5.73 Å². The van der Waals surface area contributed by atoms with Gasteiger partial charge in [0.15, 0.2) is 0 Å². The van der Waals surface area contributed by atoms with E-state index in [0.717, 1.165) is 31.2 Å². The quantitative estimate of drug-likeness (QED) is 0.718. The second-order valence-corrected chi connectivity index (χ2v) is 5.89. The topological polar surface area (TPSA) is 69.7 Å². The Morgan fingerprint density at radius 2 is 1.95 bits per heavy atom. The molecule has 0 aromatic heterocycles. The van der Waals surface area contributed by atoms with Crippen molar-refractivity contribution in [1.82, 2.24) is 4.90 Å². The van der Waals surface area contributed by atoms with Crippen LogP contribution in [-0.4, -0.2) is 39.8 Å². The summed E-state index contributed by atoms with van der Waals surface area (Å²) in [5.41, 5.74) is 7.33. The number of piperidine rings is 1. The highest BCUT2D eigenvalue weighted by molar-refractivity contribution is 5.41. The summed E-state index contributed by atoms with van der Waals surface area (Å²) in [6.45, 7) is 0.644. The number of nitrogen functional groups attached to an aromatic ring is 1. The Morgan fingerprint density at radius 3 is 2.58 bits per heavy atom. The Morgan fingerprint density at radius 1 is 1.26 bits per heavy atom. The van der Waals surface area contributed by atoms with Gasteiger partial charge in [-0.1, -0.05) is 12.1 Å². The summed E-state index contributed by atoms with van der Waals surface area (Å²) in [6.07, 6.45) is 3.33. The molecule has 0 amide bonds. The van der Waals surface area contributed by atoms with Gasteiger partial charge in [-0.05, 0) is 43.4 Å². The van der Waals surface area contributed by atoms with E-state index >= 15 is 0 Å². The minimum Gasteiger partial charge on any atom is -0.399 e. The van der Waals surface area contributed by atoms with Crippen LogP contribution in [0.5, 0.6) is 0 Å². The molecule has 0 aliphatic carbocycles. The average Bonchev–Trinajstić information content (AvgIpc) is 2.61. The van der Waals surface area contributed by atoms with Crippen molar-refractivity contribution in [3.63, 3.8) is 0 Å². The molecule has 2 aliphatic rings. The molecule has 1 aromatic carbocycles. The zero-order valence-electron chi connectivity index (χ0n) is 11.1. The van der Waals surface area contributed by atoms with Crippen molar-refractivity contribution in [2.24, 2.45) is 0 Å². The van der Waals surface area contributed by atoms with Crippen LogP contribution in [0.25, 0.3) is 0 Å². The van der Waals surface area contributed by atoms with Crippen molar-refractivity contribution in [1.29, 1.82) is 0 Å². The third-order valence-corrected chi connectivity index (χ3v) is 4.54. The van der Waals surface area contributed by atoms with Crippen LogP contribution in [-0.2, 0) is 0 Å². The molecule has 1 aromatic rings. The van der Waals surface area contributed by atoms with E-state index < -0.39 is 6.10 Å². The minimum absolute atomic E-state index is 0.154. The third kappa shape index (κ3) is 2.61. The molecule has 2 fully saturated rings. The normalized spacial score (nSPS) is 32.4. The Kier molecular flexibility index (Phi) is 3.48. The standard InChI is InChI=1S/C15H22N2O2/c16-11-3-1-2-10(6-11)15(19)9-17-12-4-5-13(17)8-14(18)7-12/h1-3,6,12-15,18-19H,4-5,7-9,16H2. The van der Waals surface area contributed by atoms with Gasteiger partial charge in [0.2, 0.25) is 0 Å². The van der Waals surface area contributed by atoms with Crippen LogP contribution in [0.15, 0.2) is 24.3 Å². The SMILES string of the molecule is Nc1cccc(C(O)CN2C3CCC2CC(O)C3)c1. The molecule has 2 heterocycles. The number of anilines is 1. The number of aliphatic hydroxyl groups is 2. The molecule has 3 unspecified atom stereocenters. The minimum atomic E-state index is -0.498. The summed E-state index contributed by atoms with van der Waals surface area (Å²) in [4.78, 5) is 2.38. The fraction of sp³-hybridized carbons (Fsp3) is 0.600. The zero-order chi connectivity index (χ0) is 13.4. The highest BCUT2D eigenvalue weighted by Crippen LogP contribution is 2.36. The van der Waals surface area contributed by atoms with E-state index in [0.29, 0.717) is 24.3 Å². The van der Waals surface area contributed by atoms with Gasteiger partial charge < -0.3 is 15.9 Å². The summed E-state index contributed by atoms with van der Waals surface area (Å²) < 4.78 is 0. The Balaban J connectivity index is 1.69. The van der Waals surface area contributed by atoms with E-state index in [-0.39, 0.29) is 6.10 Å². The van der Waals surface area contributed by atoms with Crippen LogP contribution in [0.2, 0.25) is 0 Å². The van der Waals surface area contributed by atoms with Crippen LogP contribution in [0.4, 0.5) is 5.69 Å². The predicted molar refractivity (Wildman–Crippen MR) is 74.6 cm³/mol. The maximum absolute atomic E-state index is 10.4. The van der Waals surface area contributed by atoms with Crippen molar-refractivity contribution >= 4 is 5.69 Å². The lowest BCUT2D eigenvalue weighted by molar-refractivity contribution is 0.00802. The molecule has 104 valence electrons. The first kappa shape index (κ1) is 12.9. The van der Waals surface area contributed by atoms with Gasteiger partial charge in [0.05, 0.1) is 12.2 Å². The number of hydrogen-bond donors (Lipinski definition) is 3. The summed E-state index contributed by atoms with van der Waals surface area (Å²) >= 11 is 0. The first-order valence-corrected chi connectivity index (χ1v) is 7.11. The van der Waals surface area contributed by atoms with E-state index in [9.17, 15) is 10.2 Å². The molecule has 3 rings (SSSR count). The van der Waals surface area contributed by atoms with E-state index in [2.05, 4.69) is 4.90 Å². The molecule has 2 saturated heterocycles. The molecule has 2 aliphatic heterocycles. The molecule has 0 spiro atoms. The number of benzene rings is 1. The highest BCUT2D eigenvalue weighted by atomic mass is 16.3. The fourth-order valence-electron chi connectivity index (χ4n) is 3.61. The predicted octanol–water partition coefficient (Wildman–Crippen LogP) is 1.29. The van der Waals surface area contributed by atoms with E-state index in [1.54, 1.807) is 0 Å².